The summed E-state index contributed by atoms with van der Waals surface area (Å²) in [7, 11) is 0. The molecule has 41 heavy (non-hydrogen) atoms. The van der Waals surface area contributed by atoms with E-state index >= 15 is 0 Å². The van der Waals surface area contributed by atoms with Crippen molar-refractivity contribution in [3.8, 4) is 11.4 Å². The van der Waals surface area contributed by atoms with E-state index in [1.807, 2.05) is 42.7 Å². The molecule has 0 saturated carbocycles. The molecule has 0 bridgehead atoms. The van der Waals surface area contributed by atoms with Gasteiger partial charge >= 0.3 is 5.97 Å². The Morgan fingerprint density at radius 1 is 1.12 bits per heavy atom. The lowest BCUT2D eigenvalue weighted by Crippen LogP contribution is -2.39. The quantitative estimate of drug-likeness (QED) is 0.223. The minimum atomic E-state index is -0.715. The minimum absolute atomic E-state index is 0.199. The van der Waals surface area contributed by atoms with Gasteiger partial charge in [0.1, 0.15) is 18.2 Å². The molecule has 0 aliphatic carbocycles. The molecule has 0 unspecified atom stereocenters. The molecule has 7 nitrogen and oxygen atoms in total. The Kier molecular flexibility index (Phi) is 7.90. The molecule has 210 valence electrons. The van der Waals surface area contributed by atoms with Crippen molar-refractivity contribution in [3.05, 3.63) is 127 Å². The zero-order chi connectivity index (χ0) is 29.3. The SMILES string of the molecule is C=CCOc1ccc([C@H]2C(C(=O)OCC)=C(C)N=c3s/c(=C\c4cc(C)n(-c5ccc(F)cc5)c4C)c(=O)n32)cc1. The number of benzene rings is 2. The van der Waals surface area contributed by atoms with E-state index in [0.717, 1.165) is 28.2 Å². The van der Waals surface area contributed by atoms with Crippen LogP contribution in [-0.2, 0) is 9.53 Å². The largest absolute Gasteiger partial charge is 0.490 e. The maximum Gasteiger partial charge on any atom is 0.338 e. The van der Waals surface area contributed by atoms with Gasteiger partial charge < -0.3 is 14.0 Å². The predicted octanol–water partition coefficient (Wildman–Crippen LogP) is 4.91. The molecule has 2 aromatic carbocycles. The molecule has 1 aliphatic heterocycles. The highest BCUT2D eigenvalue weighted by Gasteiger charge is 2.33. The van der Waals surface area contributed by atoms with E-state index in [1.54, 1.807) is 48.8 Å². The third-order valence-corrected chi connectivity index (χ3v) is 7.91. The van der Waals surface area contributed by atoms with E-state index in [-0.39, 0.29) is 18.0 Å². The molecule has 0 spiro atoms. The highest BCUT2D eigenvalue weighted by molar-refractivity contribution is 7.07. The number of halogens is 1. The number of fused-ring (bicyclic) bond motifs is 1. The number of allylic oxidation sites excluding steroid dienone is 1. The Morgan fingerprint density at radius 3 is 2.49 bits per heavy atom. The summed E-state index contributed by atoms with van der Waals surface area (Å²) in [6.45, 7) is 11.7. The first-order valence-corrected chi connectivity index (χ1v) is 14.0. The third-order valence-electron chi connectivity index (χ3n) is 6.92. The van der Waals surface area contributed by atoms with Crippen LogP contribution in [0.25, 0.3) is 11.8 Å². The van der Waals surface area contributed by atoms with Crippen molar-refractivity contribution in [2.24, 2.45) is 4.99 Å². The van der Waals surface area contributed by atoms with E-state index in [9.17, 15) is 14.0 Å². The van der Waals surface area contributed by atoms with Gasteiger partial charge in [-0.15, -0.1) is 0 Å². The molecule has 0 amide bonds. The van der Waals surface area contributed by atoms with Gasteiger partial charge in [-0.2, -0.15) is 0 Å². The lowest BCUT2D eigenvalue weighted by molar-refractivity contribution is -0.139. The molecule has 0 saturated heterocycles. The van der Waals surface area contributed by atoms with Crippen LogP contribution in [0.5, 0.6) is 5.75 Å². The van der Waals surface area contributed by atoms with Crippen molar-refractivity contribution >= 4 is 23.4 Å². The van der Waals surface area contributed by atoms with Gasteiger partial charge in [-0.3, -0.25) is 9.36 Å². The molecule has 5 rings (SSSR count). The molecular formula is C32H30FN3O4S. The lowest BCUT2D eigenvalue weighted by atomic mass is 9.96. The van der Waals surface area contributed by atoms with Crippen LogP contribution < -0.4 is 19.6 Å². The summed E-state index contributed by atoms with van der Waals surface area (Å²) in [5, 5.41) is 0. The van der Waals surface area contributed by atoms with Crippen LogP contribution in [0.1, 0.15) is 42.4 Å². The lowest BCUT2D eigenvalue weighted by Gasteiger charge is -2.24. The average Bonchev–Trinajstić information content (AvgIpc) is 3.41. The van der Waals surface area contributed by atoms with E-state index in [4.69, 9.17) is 9.47 Å². The first-order chi connectivity index (χ1) is 19.7. The van der Waals surface area contributed by atoms with E-state index < -0.39 is 12.0 Å². The van der Waals surface area contributed by atoms with Gasteiger partial charge in [0.05, 0.1) is 28.5 Å². The van der Waals surface area contributed by atoms with Gasteiger partial charge in [0.25, 0.3) is 5.56 Å². The van der Waals surface area contributed by atoms with Crippen LogP contribution in [-0.4, -0.2) is 28.3 Å². The fraction of sp³-hybridized carbons (Fsp3) is 0.219. The number of esters is 1. The highest BCUT2D eigenvalue weighted by atomic mass is 32.1. The topological polar surface area (TPSA) is 74.8 Å². The molecule has 9 heteroatoms. The fourth-order valence-electron chi connectivity index (χ4n) is 5.07. The Balaban J connectivity index is 1.65. The van der Waals surface area contributed by atoms with Crippen molar-refractivity contribution in [1.82, 2.24) is 9.13 Å². The smallest absolute Gasteiger partial charge is 0.338 e. The first kappa shape index (κ1) is 28.0. The molecule has 0 N–H and O–H groups in total. The standard InChI is InChI=1S/C32H30FN3O4S/c1-6-16-40-26-14-8-22(9-15-26)29-28(31(38)39-7-2)20(4)34-32-36(29)30(37)27(41-32)18-23-17-19(3)35(21(23)5)25-12-10-24(33)11-13-25/h6,8-15,17-18,29H,1,7,16H2,2-5H3/b27-18-/t29-/m0/s1. The van der Waals surface area contributed by atoms with E-state index in [2.05, 4.69) is 11.6 Å². The van der Waals surface area contributed by atoms with Crippen LogP contribution in [0.4, 0.5) is 4.39 Å². The number of hydrogen-bond donors (Lipinski definition) is 0. The summed E-state index contributed by atoms with van der Waals surface area (Å²) in [4.78, 5) is 32.3. The maximum absolute atomic E-state index is 14.0. The van der Waals surface area contributed by atoms with Crippen molar-refractivity contribution in [1.29, 1.82) is 0 Å². The molecule has 2 aromatic heterocycles. The molecule has 0 radical (unpaired) electrons. The number of rotatable bonds is 8. The summed E-state index contributed by atoms with van der Waals surface area (Å²) in [6.07, 6.45) is 3.51. The Hall–Kier alpha value is -4.50. The van der Waals surface area contributed by atoms with Gasteiger partial charge in [-0.05, 0) is 87.4 Å². The average molecular weight is 572 g/mol. The van der Waals surface area contributed by atoms with Crippen molar-refractivity contribution in [3.63, 3.8) is 0 Å². The summed E-state index contributed by atoms with van der Waals surface area (Å²) < 4.78 is 28.6. The van der Waals surface area contributed by atoms with Crippen LogP contribution in [0, 0.1) is 19.7 Å². The number of carbonyl (C=O) groups is 1. The van der Waals surface area contributed by atoms with Gasteiger partial charge in [-0.25, -0.2) is 14.2 Å². The fourth-order valence-corrected chi connectivity index (χ4v) is 6.11. The van der Waals surface area contributed by atoms with Crippen LogP contribution in [0.3, 0.4) is 0 Å². The number of ether oxygens (including phenoxy) is 2. The molecule has 1 aliphatic rings. The van der Waals surface area contributed by atoms with Crippen LogP contribution in [0.2, 0.25) is 0 Å². The predicted molar refractivity (Wildman–Crippen MR) is 158 cm³/mol. The molecule has 1 atom stereocenters. The second-order valence-corrected chi connectivity index (χ2v) is 10.6. The van der Waals surface area contributed by atoms with Gasteiger partial charge in [-0.1, -0.05) is 36.1 Å². The van der Waals surface area contributed by atoms with Crippen LogP contribution in [0.15, 0.2) is 88.3 Å². The minimum Gasteiger partial charge on any atom is -0.490 e. The number of aromatic nitrogens is 2. The van der Waals surface area contributed by atoms with Crippen molar-refractivity contribution in [2.45, 2.75) is 33.7 Å². The Bertz CT molecular complexity index is 1840. The van der Waals surface area contributed by atoms with E-state index in [0.29, 0.717) is 33.0 Å². The third kappa shape index (κ3) is 5.32. The van der Waals surface area contributed by atoms with Crippen LogP contribution >= 0.6 is 11.3 Å². The van der Waals surface area contributed by atoms with Crippen molar-refractivity contribution < 1.29 is 18.7 Å². The summed E-state index contributed by atoms with van der Waals surface area (Å²) in [6, 6.07) is 14.9. The number of aryl methyl sites for hydroxylation is 1. The first-order valence-electron chi connectivity index (χ1n) is 13.2. The number of hydrogen-bond acceptors (Lipinski definition) is 6. The molecular weight excluding hydrogens is 541 g/mol. The monoisotopic (exact) mass is 571 g/mol. The van der Waals surface area contributed by atoms with Gasteiger partial charge in [0.2, 0.25) is 0 Å². The van der Waals surface area contributed by atoms with Gasteiger partial charge in [0.15, 0.2) is 4.80 Å². The van der Waals surface area contributed by atoms with E-state index in [1.165, 1.54) is 23.5 Å². The molecule has 4 aromatic rings. The number of thiazole rings is 1. The molecule has 3 heterocycles. The zero-order valence-corrected chi connectivity index (χ0v) is 24.1. The zero-order valence-electron chi connectivity index (χ0n) is 23.3. The number of carbonyl (C=O) groups excluding carboxylic acids is 1. The number of nitrogens with zero attached hydrogens (tertiary/aromatic N) is 3. The summed E-state index contributed by atoms with van der Waals surface area (Å²) in [5.74, 6) is -0.165. The summed E-state index contributed by atoms with van der Waals surface area (Å²) in [5.41, 5.74) is 4.85. The van der Waals surface area contributed by atoms with Gasteiger partial charge in [0, 0.05) is 17.1 Å². The van der Waals surface area contributed by atoms with Crippen molar-refractivity contribution in [2.75, 3.05) is 13.2 Å². The second-order valence-electron chi connectivity index (χ2n) is 9.61. The maximum atomic E-state index is 14.0. The summed E-state index contributed by atoms with van der Waals surface area (Å²) >= 11 is 1.27. The molecule has 0 fully saturated rings. The normalized spacial score (nSPS) is 15.0. The Labute approximate surface area is 240 Å². The highest BCUT2D eigenvalue weighted by Crippen LogP contribution is 2.32. The second kappa shape index (κ2) is 11.5. The Morgan fingerprint density at radius 2 is 1.83 bits per heavy atom.